The number of rotatable bonds is 4. The smallest absolute Gasteiger partial charge is 0.250 e. The number of nitrogens with one attached hydrogen (secondary N) is 2. The Hall–Kier alpha value is -0.980. The molecule has 0 saturated carbocycles. The molecule has 0 aromatic heterocycles. The van der Waals surface area contributed by atoms with Gasteiger partial charge >= 0.3 is 0 Å². The molecular weight excluding hydrogens is 315 g/mol. The van der Waals surface area contributed by atoms with Gasteiger partial charge < -0.3 is 15.4 Å². The van der Waals surface area contributed by atoms with E-state index in [9.17, 15) is 9.18 Å². The van der Waals surface area contributed by atoms with Gasteiger partial charge in [-0.25, -0.2) is 4.39 Å². The van der Waals surface area contributed by atoms with Crippen molar-refractivity contribution in [2.75, 3.05) is 25.0 Å². The van der Waals surface area contributed by atoms with E-state index in [2.05, 4.69) is 26.6 Å². The van der Waals surface area contributed by atoms with Crippen LogP contribution in [0.3, 0.4) is 0 Å². The Labute approximate surface area is 119 Å². The molecule has 6 heteroatoms. The lowest BCUT2D eigenvalue weighted by atomic mass is 10.1. The highest BCUT2D eigenvalue weighted by atomic mass is 79.9. The molecule has 4 nitrogen and oxygen atoms in total. The average Bonchev–Trinajstić information content (AvgIpc) is 2.41. The molecule has 0 aliphatic carbocycles. The monoisotopic (exact) mass is 330 g/mol. The van der Waals surface area contributed by atoms with Crippen molar-refractivity contribution in [2.24, 2.45) is 0 Å². The molecule has 0 unspecified atom stereocenters. The predicted octanol–water partition coefficient (Wildman–Crippen LogP) is 2.30. The number of amides is 1. The topological polar surface area (TPSA) is 50.4 Å². The van der Waals surface area contributed by atoms with Crippen molar-refractivity contribution in [1.29, 1.82) is 0 Å². The standard InChI is InChI=1S/C13H16BrFN2O2/c14-9-1-2-12(11(15)7-9)17-13(18)8-19-10-3-5-16-6-4-10/h1-2,7,10,16H,3-6,8H2,(H,17,18). The summed E-state index contributed by atoms with van der Waals surface area (Å²) < 4.78 is 19.6. The molecule has 1 fully saturated rings. The molecule has 0 atom stereocenters. The van der Waals surface area contributed by atoms with Crippen molar-refractivity contribution in [2.45, 2.75) is 18.9 Å². The zero-order valence-corrected chi connectivity index (χ0v) is 12.0. The van der Waals surface area contributed by atoms with Gasteiger partial charge in [-0.1, -0.05) is 15.9 Å². The summed E-state index contributed by atoms with van der Waals surface area (Å²) in [6.07, 6.45) is 1.92. The average molecular weight is 331 g/mol. The number of benzene rings is 1. The van der Waals surface area contributed by atoms with Crippen LogP contribution in [0.5, 0.6) is 0 Å². The van der Waals surface area contributed by atoms with Gasteiger partial charge in [0.1, 0.15) is 12.4 Å². The third-order valence-corrected chi connectivity index (χ3v) is 3.43. The Morgan fingerprint density at radius 3 is 2.89 bits per heavy atom. The highest BCUT2D eigenvalue weighted by Crippen LogP contribution is 2.19. The van der Waals surface area contributed by atoms with Crippen LogP contribution in [0.4, 0.5) is 10.1 Å². The first kappa shape index (κ1) is 14.4. The first-order valence-corrected chi connectivity index (χ1v) is 7.01. The van der Waals surface area contributed by atoms with Crippen LogP contribution in [0, 0.1) is 5.82 Å². The molecule has 1 aliphatic rings. The SMILES string of the molecule is O=C(COC1CCNCC1)Nc1ccc(Br)cc1F. The summed E-state index contributed by atoms with van der Waals surface area (Å²) in [7, 11) is 0. The molecule has 0 spiro atoms. The normalized spacial score (nSPS) is 16.3. The molecule has 0 bridgehead atoms. The summed E-state index contributed by atoms with van der Waals surface area (Å²) in [6.45, 7) is 1.78. The zero-order valence-electron chi connectivity index (χ0n) is 10.4. The summed E-state index contributed by atoms with van der Waals surface area (Å²) in [6, 6.07) is 4.50. The minimum atomic E-state index is -0.468. The fourth-order valence-electron chi connectivity index (χ4n) is 1.93. The molecule has 1 amide bonds. The second-order valence-electron chi connectivity index (χ2n) is 4.43. The van der Waals surface area contributed by atoms with Gasteiger partial charge in [0.15, 0.2) is 0 Å². The molecule has 2 rings (SSSR count). The van der Waals surface area contributed by atoms with Crippen molar-refractivity contribution in [3.63, 3.8) is 0 Å². The van der Waals surface area contributed by atoms with E-state index in [-0.39, 0.29) is 24.3 Å². The van der Waals surface area contributed by atoms with Crippen molar-refractivity contribution < 1.29 is 13.9 Å². The van der Waals surface area contributed by atoms with Crippen LogP contribution in [0.15, 0.2) is 22.7 Å². The van der Waals surface area contributed by atoms with Crippen LogP contribution >= 0.6 is 15.9 Å². The minimum Gasteiger partial charge on any atom is -0.368 e. The maximum absolute atomic E-state index is 13.5. The third kappa shape index (κ3) is 4.56. The summed E-state index contributed by atoms with van der Waals surface area (Å²) in [5, 5.41) is 5.72. The van der Waals surface area contributed by atoms with Crippen LogP contribution in [0.2, 0.25) is 0 Å². The van der Waals surface area contributed by atoms with Gasteiger partial charge in [-0.15, -0.1) is 0 Å². The van der Waals surface area contributed by atoms with Gasteiger partial charge in [0, 0.05) is 4.47 Å². The Balaban J connectivity index is 1.80. The predicted molar refractivity (Wildman–Crippen MR) is 74.6 cm³/mol. The van der Waals surface area contributed by atoms with Gasteiger partial charge in [-0.2, -0.15) is 0 Å². The van der Waals surface area contributed by atoms with E-state index in [1.54, 1.807) is 6.07 Å². The fourth-order valence-corrected chi connectivity index (χ4v) is 2.27. The Morgan fingerprint density at radius 2 is 2.21 bits per heavy atom. The van der Waals surface area contributed by atoms with Crippen molar-refractivity contribution in [1.82, 2.24) is 5.32 Å². The molecule has 0 radical (unpaired) electrons. The van der Waals surface area contributed by atoms with Crippen LogP contribution < -0.4 is 10.6 Å². The number of carbonyl (C=O) groups is 1. The molecular formula is C13H16BrFN2O2. The van der Waals surface area contributed by atoms with Crippen LogP contribution in [0.25, 0.3) is 0 Å². The van der Waals surface area contributed by atoms with E-state index in [0.29, 0.717) is 4.47 Å². The number of hydrogen-bond acceptors (Lipinski definition) is 3. The van der Waals surface area contributed by atoms with Crippen LogP contribution in [-0.2, 0) is 9.53 Å². The summed E-state index contributed by atoms with van der Waals surface area (Å²) in [5.74, 6) is -0.802. The van der Waals surface area contributed by atoms with E-state index in [4.69, 9.17) is 4.74 Å². The van der Waals surface area contributed by atoms with E-state index in [1.165, 1.54) is 12.1 Å². The Bertz CT molecular complexity index is 450. The first-order chi connectivity index (χ1) is 9.15. The summed E-state index contributed by atoms with van der Waals surface area (Å²) in [5.41, 5.74) is 0.169. The van der Waals surface area contributed by atoms with Crippen molar-refractivity contribution >= 4 is 27.5 Å². The number of piperidine rings is 1. The van der Waals surface area contributed by atoms with E-state index >= 15 is 0 Å². The van der Waals surface area contributed by atoms with Gasteiger partial charge in [0.25, 0.3) is 0 Å². The Kier molecular flexibility index (Phi) is 5.30. The lowest BCUT2D eigenvalue weighted by Gasteiger charge is -2.22. The zero-order chi connectivity index (χ0) is 13.7. The molecule has 1 aromatic rings. The van der Waals surface area contributed by atoms with Crippen LogP contribution in [-0.4, -0.2) is 31.7 Å². The minimum absolute atomic E-state index is 0.0415. The maximum Gasteiger partial charge on any atom is 0.250 e. The van der Waals surface area contributed by atoms with E-state index < -0.39 is 5.82 Å². The highest BCUT2D eigenvalue weighted by molar-refractivity contribution is 9.10. The van der Waals surface area contributed by atoms with Gasteiger partial charge in [-0.05, 0) is 44.1 Å². The van der Waals surface area contributed by atoms with Crippen LogP contribution in [0.1, 0.15) is 12.8 Å². The van der Waals surface area contributed by atoms with Crippen molar-refractivity contribution in [3.8, 4) is 0 Å². The fraction of sp³-hybridized carbons (Fsp3) is 0.462. The molecule has 1 aromatic carbocycles. The van der Waals surface area contributed by atoms with E-state index in [1.807, 2.05) is 0 Å². The number of hydrogen-bond donors (Lipinski definition) is 2. The number of ether oxygens (including phenoxy) is 1. The quantitative estimate of drug-likeness (QED) is 0.890. The number of halogens is 2. The van der Waals surface area contributed by atoms with E-state index in [0.717, 1.165) is 25.9 Å². The molecule has 1 saturated heterocycles. The lowest BCUT2D eigenvalue weighted by Crippen LogP contribution is -2.34. The number of carbonyl (C=O) groups excluding carboxylic acids is 1. The molecule has 104 valence electrons. The molecule has 2 N–H and O–H groups in total. The second-order valence-corrected chi connectivity index (χ2v) is 5.35. The van der Waals surface area contributed by atoms with Crippen molar-refractivity contribution in [3.05, 3.63) is 28.5 Å². The van der Waals surface area contributed by atoms with Gasteiger partial charge in [-0.3, -0.25) is 4.79 Å². The second kappa shape index (κ2) is 6.98. The lowest BCUT2D eigenvalue weighted by molar-refractivity contribution is -0.123. The number of anilines is 1. The third-order valence-electron chi connectivity index (χ3n) is 2.94. The largest absolute Gasteiger partial charge is 0.368 e. The summed E-state index contributed by atoms with van der Waals surface area (Å²) >= 11 is 3.16. The van der Waals surface area contributed by atoms with Gasteiger partial charge in [0.05, 0.1) is 11.8 Å². The first-order valence-electron chi connectivity index (χ1n) is 6.22. The molecule has 19 heavy (non-hydrogen) atoms. The molecule has 1 heterocycles. The Morgan fingerprint density at radius 1 is 1.47 bits per heavy atom. The summed E-state index contributed by atoms with van der Waals surface area (Å²) in [4.78, 5) is 11.7. The highest BCUT2D eigenvalue weighted by Gasteiger charge is 2.15. The van der Waals surface area contributed by atoms with Gasteiger partial charge in [0.2, 0.25) is 5.91 Å². The maximum atomic E-state index is 13.5. The molecule has 1 aliphatic heterocycles.